The topological polar surface area (TPSA) is 108 Å². The summed E-state index contributed by atoms with van der Waals surface area (Å²) in [4.78, 5) is 1.94. The van der Waals surface area contributed by atoms with Gasteiger partial charge in [0, 0.05) is 13.1 Å². The van der Waals surface area contributed by atoms with Crippen LogP contribution in [0.25, 0.3) is 0 Å². The monoisotopic (exact) mass is 279 g/mol. The quantitative estimate of drug-likeness (QED) is 0.315. The maximum atomic E-state index is 10.2. The Hall–Kier alpha value is -1.89. The number of piperidine rings is 1. The largest absolute Gasteiger partial charge is 0.409 e. The average Bonchev–Trinajstić information content (AvgIpc) is 2.39. The van der Waals surface area contributed by atoms with Gasteiger partial charge in [-0.3, -0.25) is 0 Å². The minimum Gasteiger partial charge on any atom is -0.409 e. The summed E-state index contributed by atoms with van der Waals surface area (Å²) in [5, 5.41) is 30.6. The number of nitrogens with two attached hydrogens (primary N) is 1. The predicted octanol–water partition coefficient (Wildman–Crippen LogP) is 0.539. The lowest BCUT2D eigenvalue weighted by molar-refractivity contribution is 0.0446. The molecule has 1 aliphatic rings. The molecule has 0 aliphatic carbocycles. The third kappa shape index (κ3) is 2.67. The van der Waals surface area contributed by atoms with E-state index in [-0.39, 0.29) is 5.84 Å². The molecule has 0 saturated carbocycles. The summed E-state index contributed by atoms with van der Waals surface area (Å²) >= 11 is 0. The fraction of sp³-hybridized carbons (Fsp3) is 0.615. The molecule has 0 amide bonds. The Bertz CT molecular complexity index is 542. The average molecular weight is 279 g/mol. The molecule has 1 saturated heterocycles. The normalized spacial score (nSPS) is 24.0. The number of hydrogen-bond donors (Lipinski definition) is 3. The summed E-state index contributed by atoms with van der Waals surface area (Å²) in [6.45, 7) is 6.71. The van der Waals surface area contributed by atoms with Crippen molar-refractivity contribution in [2.45, 2.75) is 39.2 Å². The highest BCUT2D eigenvalue weighted by Gasteiger charge is 2.31. The SMILES string of the molecule is Cc1nnc(N2CCCC(C)(O)C2)c(C(N)=NO)c1C. The van der Waals surface area contributed by atoms with Crippen molar-refractivity contribution in [3.8, 4) is 0 Å². The van der Waals surface area contributed by atoms with Gasteiger partial charge in [-0.2, -0.15) is 5.10 Å². The number of hydrogen-bond acceptors (Lipinski definition) is 6. The fourth-order valence-corrected chi connectivity index (χ4v) is 2.57. The molecule has 1 atom stereocenters. The maximum Gasteiger partial charge on any atom is 0.174 e. The van der Waals surface area contributed by atoms with E-state index in [2.05, 4.69) is 15.4 Å². The van der Waals surface area contributed by atoms with Gasteiger partial charge in [-0.05, 0) is 39.2 Å². The molecule has 0 aromatic carbocycles. The van der Waals surface area contributed by atoms with Crippen LogP contribution in [0.3, 0.4) is 0 Å². The molecule has 1 aromatic heterocycles. The van der Waals surface area contributed by atoms with Crippen LogP contribution in [-0.4, -0.2) is 45.0 Å². The number of amidine groups is 1. The second kappa shape index (κ2) is 5.24. The second-order valence-electron chi connectivity index (χ2n) is 5.62. The molecule has 0 spiro atoms. The van der Waals surface area contributed by atoms with E-state index >= 15 is 0 Å². The van der Waals surface area contributed by atoms with Gasteiger partial charge in [0.25, 0.3) is 0 Å². The van der Waals surface area contributed by atoms with Crippen molar-refractivity contribution < 1.29 is 10.3 Å². The Labute approximate surface area is 118 Å². The van der Waals surface area contributed by atoms with Crippen molar-refractivity contribution in [1.82, 2.24) is 10.2 Å². The van der Waals surface area contributed by atoms with Crippen LogP contribution in [0.5, 0.6) is 0 Å². The van der Waals surface area contributed by atoms with Crippen LogP contribution in [0.2, 0.25) is 0 Å². The Balaban J connectivity index is 2.49. The molecule has 7 nitrogen and oxygen atoms in total. The van der Waals surface area contributed by atoms with Crippen molar-refractivity contribution in [3.63, 3.8) is 0 Å². The Morgan fingerprint density at radius 1 is 1.40 bits per heavy atom. The summed E-state index contributed by atoms with van der Waals surface area (Å²) in [6, 6.07) is 0. The van der Waals surface area contributed by atoms with Crippen LogP contribution in [0.1, 0.15) is 36.6 Å². The minimum atomic E-state index is -0.763. The van der Waals surface area contributed by atoms with Crippen LogP contribution in [0.15, 0.2) is 5.16 Å². The van der Waals surface area contributed by atoms with Crippen LogP contribution in [0, 0.1) is 13.8 Å². The standard InChI is InChI=1S/C13H21N5O2/c1-8-9(2)15-16-12(10(8)11(14)17-20)18-6-4-5-13(3,19)7-18/h19-20H,4-7H2,1-3H3,(H2,14,17). The highest BCUT2D eigenvalue weighted by molar-refractivity contribution is 6.02. The van der Waals surface area contributed by atoms with Crippen molar-refractivity contribution >= 4 is 11.7 Å². The Morgan fingerprint density at radius 2 is 2.10 bits per heavy atom. The zero-order valence-electron chi connectivity index (χ0n) is 12.1. The number of rotatable bonds is 2. The molecule has 1 aromatic rings. The lowest BCUT2D eigenvalue weighted by Gasteiger charge is -2.38. The maximum absolute atomic E-state index is 10.2. The van der Waals surface area contributed by atoms with Crippen molar-refractivity contribution in [2.24, 2.45) is 10.9 Å². The van der Waals surface area contributed by atoms with E-state index in [4.69, 9.17) is 10.9 Å². The molecule has 4 N–H and O–H groups in total. The number of β-amino-alcohol motifs (C(OH)–C–C–N with tert-alkyl or cyclic N) is 1. The highest BCUT2D eigenvalue weighted by atomic mass is 16.4. The number of oxime groups is 1. The van der Waals surface area contributed by atoms with Gasteiger partial charge in [-0.1, -0.05) is 5.16 Å². The van der Waals surface area contributed by atoms with Gasteiger partial charge < -0.3 is 20.9 Å². The van der Waals surface area contributed by atoms with Gasteiger partial charge in [0.1, 0.15) is 0 Å². The summed E-state index contributed by atoms with van der Waals surface area (Å²) < 4.78 is 0. The van der Waals surface area contributed by atoms with Gasteiger partial charge in [0.05, 0.1) is 16.9 Å². The molecule has 110 valence electrons. The fourth-order valence-electron chi connectivity index (χ4n) is 2.57. The van der Waals surface area contributed by atoms with E-state index in [0.29, 0.717) is 17.9 Å². The highest BCUT2D eigenvalue weighted by Crippen LogP contribution is 2.28. The molecule has 20 heavy (non-hydrogen) atoms. The molecule has 1 unspecified atom stereocenters. The van der Waals surface area contributed by atoms with Crippen molar-refractivity contribution in [2.75, 3.05) is 18.0 Å². The van der Waals surface area contributed by atoms with Gasteiger partial charge >= 0.3 is 0 Å². The van der Waals surface area contributed by atoms with Gasteiger partial charge in [-0.15, -0.1) is 5.10 Å². The zero-order valence-corrected chi connectivity index (χ0v) is 12.1. The van der Waals surface area contributed by atoms with E-state index in [1.165, 1.54) is 0 Å². The second-order valence-corrected chi connectivity index (χ2v) is 5.62. The minimum absolute atomic E-state index is 0.0146. The Kier molecular flexibility index (Phi) is 3.80. The molecule has 2 rings (SSSR count). The van der Waals surface area contributed by atoms with Gasteiger partial charge in [0.2, 0.25) is 0 Å². The third-order valence-electron chi connectivity index (χ3n) is 3.77. The lowest BCUT2D eigenvalue weighted by Crippen LogP contribution is -2.47. The first-order valence-electron chi connectivity index (χ1n) is 6.65. The van der Waals surface area contributed by atoms with E-state index in [0.717, 1.165) is 30.6 Å². The van der Waals surface area contributed by atoms with Crippen LogP contribution in [0.4, 0.5) is 5.82 Å². The van der Waals surface area contributed by atoms with Crippen LogP contribution in [-0.2, 0) is 0 Å². The molecule has 0 radical (unpaired) electrons. The molecule has 0 bridgehead atoms. The number of aliphatic hydroxyl groups is 1. The smallest absolute Gasteiger partial charge is 0.174 e. The van der Waals surface area contributed by atoms with Gasteiger partial charge in [0.15, 0.2) is 11.7 Å². The molecule has 1 fully saturated rings. The third-order valence-corrected chi connectivity index (χ3v) is 3.77. The lowest BCUT2D eigenvalue weighted by atomic mass is 9.94. The summed E-state index contributed by atoms with van der Waals surface area (Å²) in [7, 11) is 0. The molecular weight excluding hydrogens is 258 g/mol. The van der Waals surface area contributed by atoms with E-state index in [1.54, 1.807) is 6.92 Å². The number of nitrogens with zero attached hydrogens (tertiary/aromatic N) is 4. The summed E-state index contributed by atoms with van der Waals surface area (Å²) in [5.41, 5.74) is 7.17. The molecule has 2 heterocycles. The number of aryl methyl sites for hydroxylation is 1. The summed E-state index contributed by atoms with van der Waals surface area (Å²) in [6.07, 6.45) is 1.61. The number of aromatic nitrogens is 2. The Morgan fingerprint density at radius 3 is 2.70 bits per heavy atom. The van der Waals surface area contributed by atoms with Crippen LogP contribution < -0.4 is 10.6 Å². The first-order valence-corrected chi connectivity index (χ1v) is 6.65. The van der Waals surface area contributed by atoms with E-state index in [1.807, 2.05) is 18.7 Å². The van der Waals surface area contributed by atoms with E-state index < -0.39 is 5.60 Å². The molecule has 7 heteroatoms. The summed E-state index contributed by atoms with van der Waals surface area (Å²) in [5.74, 6) is 0.573. The first-order chi connectivity index (χ1) is 9.35. The number of anilines is 1. The molecular formula is C13H21N5O2. The van der Waals surface area contributed by atoms with Crippen LogP contribution >= 0.6 is 0 Å². The van der Waals surface area contributed by atoms with Crippen molar-refractivity contribution in [1.29, 1.82) is 0 Å². The van der Waals surface area contributed by atoms with E-state index in [9.17, 15) is 5.11 Å². The predicted molar refractivity (Wildman–Crippen MR) is 76.1 cm³/mol. The molecule has 1 aliphatic heterocycles. The zero-order chi connectivity index (χ0) is 14.9. The van der Waals surface area contributed by atoms with Crippen molar-refractivity contribution in [3.05, 3.63) is 16.8 Å². The first kappa shape index (κ1) is 14.5. The van der Waals surface area contributed by atoms with Gasteiger partial charge in [-0.25, -0.2) is 0 Å².